The second-order valence-electron chi connectivity index (χ2n) is 5.69. The van der Waals surface area contributed by atoms with Crippen LogP contribution in [0.5, 0.6) is 0 Å². The molecule has 0 radical (unpaired) electrons. The molecule has 0 aliphatic heterocycles. The topological polar surface area (TPSA) is 0 Å². The van der Waals surface area contributed by atoms with E-state index in [0.29, 0.717) is 12.0 Å². The molecule has 0 unspecified atom stereocenters. The first-order valence-corrected chi connectivity index (χ1v) is 8.02. The van der Waals surface area contributed by atoms with Gasteiger partial charge in [0, 0.05) is 5.82 Å². The molecular weight excluding hydrogens is 392 g/mol. The molecule has 0 saturated heterocycles. The minimum Gasteiger partial charge on any atom is -0.283 e. The molecule has 24 heavy (non-hydrogen) atoms. The van der Waals surface area contributed by atoms with Gasteiger partial charge in [-0.15, -0.1) is 17.2 Å². The van der Waals surface area contributed by atoms with Crippen LogP contribution in [0.2, 0.25) is 5.02 Å². The van der Waals surface area contributed by atoms with Gasteiger partial charge in [-0.2, -0.15) is 18.2 Å². The summed E-state index contributed by atoms with van der Waals surface area (Å²) in [6, 6.07) is 23.0. The van der Waals surface area contributed by atoms with Crippen molar-refractivity contribution < 1.29 is 62.6 Å². The number of benzene rings is 3. The van der Waals surface area contributed by atoms with Crippen molar-refractivity contribution in [1.29, 1.82) is 0 Å². The van der Waals surface area contributed by atoms with Gasteiger partial charge in [-0.1, -0.05) is 54.1 Å². The van der Waals surface area contributed by atoms with Gasteiger partial charge in [-0.3, -0.25) is 4.39 Å². The summed E-state index contributed by atoms with van der Waals surface area (Å²) in [4.78, 5) is 0. The Labute approximate surface area is 196 Å². The van der Waals surface area contributed by atoms with Crippen LogP contribution in [0.15, 0.2) is 60.7 Å². The fourth-order valence-corrected chi connectivity index (χ4v) is 2.76. The zero-order chi connectivity index (χ0) is 16.2. The number of aryl methyl sites for hydroxylation is 3. The summed E-state index contributed by atoms with van der Waals surface area (Å²) in [5, 5.41) is 0.0669. The molecule has 0 aromatic heterocycles. The summed E-state index contributed by atoms with van der Waals surface area (Å²) >= 11 is 5.76. The second-order valence-corrected chi connectivity index (χ2v) is 6.07. The molecule has 3 aromatic rings. The Hall–Kier alpha value is -0.315. The van der Waals surface area contributed by atoms with E-state index in [4.69, 9.17) is 11.6 Å². The molecule has 0 heterocycles. The maximum absolute atomic E-state index is 13.9. The standard InChI is InChI=1S/C21H17ClF.Rb/c1-15-5-10-17(11-6-15)18-12-7-16(8-13-18)9-14-19-3-2-4-20(22)21(19)23;/h2-3,5-8,10-13H,9,14H2,1H3;/q-1;+1. The van der Waals surface area contributed by atoms with Crippen molar-refractivity contribution in [2.24, 2.45) is 0 Å². The Morgan fingerprint density at radius 1 is 0.875 bits per heavy atom. The average molecular weight is 409 g/mol. The van der Waals surface area contributed by atoms with Gasteiger partial charge in [0.25, 0.3) is 0 Å². The van der Waals surface area contributed by atoms with E-state index in [1.165, 1.54) is 22.3 Å². The molecule has 0 spiro atoms. The van der Waals surface area contributed by atoms with Gasteiger partial charge in [-0.25, -0.2) is 0 Å². The van der Waals surface area contributed by atoms with E-state index >= 15 is 0 Å². The minimum atomic E-state index is -0.356. The van der Waals surface area contributed by atoms with E-state index in [1.807, 2.05) is 0 Å². The van der Waals surface area contributed by atoms with Crippen LogP contribution < -0.4 is 58.2 Å². The van der Waals surface area contributed by atoms with Crippen LogP contribution in [0.4, 0.5) is 4.39 Å². The van der Waals surface area contributed by atoms with Gasteiger partial charge < -0.3 is 0 Å². The molecule has 0 saturated carbocycles. The third kappa shape index (κ3) is 5.09. The number of hydrogen-bond donors (Lipinski definition) is 0. The Kier molecular flexibility index (Phi) is 7.84. The van der Waals surface area contributed by atoms with Crippen LogP contribution in [0, 0.1) is 18.8 Å². The number of hydrogen-bond acceptors (Lipinski definition) is 0. The second kappa shape index (κ2) is 9.40. The molecule has 0 fully saturated rings. The van der Waals surface area contributed by atoms with E-state index in [9.17, 15) is 4.39 Å². The Morgan fingerprint density at radius 2 is 1.46 bits per heavy atom. The molecule has 3 rings (SSSR count). The number of rotatable bonds is 4. The third-order valence-electron chi connectivity index (χ3n) is 3.99. The average Bonchev–Trinajstić information content (AvgIpc) is 2.57. The van der Waals surface area contributed by atoms with Gasteiger partial charge in [-0.05, 0) is 41.5 Å². The molecule has 0 nitrogen and oxygen atoms in total. The number of halogens is 2. The molecule has 0 atom stereocenters. The fraction of sp³-hybridized carbons (Fsp3) is 0.143. The predicted molar refractivity (Wildman–Crippen MR) is 94.3 cm³/mol. The van der Waals surface area contributed by atoms with Crippen molar-refractivity contribution in [3.63, 3.8) is 0 Å². The first-order chi connectivity index (χ1) is 11.1. The van der Waals surface area contributed by atoms with Crippen LogP contribution in [0.3, 0.4) is 0 Å². The summed E-state index contributed by atoms with van der Waals surface area (Å²) < 4.78 is 13.9. The Bertz CT molecular complexity index is 795. The van der Waals surface area contributed by atoms with Crippen LogP contribution in [-0.4, -0.2) is 0 Å². The summed E-state index contributed by atoms with van der Waals surface area (Å²) in [6.45, 7) is 2.08. The van der Waals surface area contributed by atoms with E-state index in [1.54, 1.807) is 12.1 Å². The van der Waals surface area contributed by atoms with Gasteiger partial charge in [0.1, 0.15) is 0 Å². The zero-order valence-corrected chi connectivity index (χ0v) is 19.6. The van der Waals surface area contributed by atoms with Gasteiger partial charge in [0.15, 0.2) is 0 Å². The smallest absolute Gasteiger partial charge is 0.283 e. The molecule has 0 bridgehead atoms. The van der Waals surface area contributed by atoms with E-state index in [-0.39, 0.29) is 69.0 Å². The first kappa shape index (κ1) is 20.0. The van der Waals surface area contributed by atoms with E-state index in [0.717, 1.165) is 6.42 Å². The molecular formula is C21H17ClFRb. The molecule has 0 aliphatic rings. The fourth-order valence-electron chi connectivity index (χ4n) is 2.57. The maximum Gasteiger partial charge on any atom is 1.00 e. The van der Waals surface area contributed by atoms with Crippen molar-refractivity contribution >= 4 is 11.6 Å². The van der Waals surface area contributed by atoms with Gasteiger partial charge in [0.05, 0.1) is 0 Å². The summed E-state index contributed by atoms with van der Waals surface area (Å²) in [5.41, 5.74) is 5.47. The Morgan fingerprint density at radius 3 is 2.08 bits per heavy atom. The maximum atomic E-state index is 13.9. The van der Waals surface area contributed by atoms with Crippen molar-refractivity contribution in [1.82, 2.24) is 0 Å². The van der Waals surface area contributed by atoms with Gasteiger partial charge in [0.2, 0.25) is 0 Å². The summed E-state index contributed by atoms with van der Waals surface area (Å²) in [7, 11) is 0. The molecule has 0 amide bonds. The van der Waals surface area contributed by atoms with Crippen LogP contribution in [-0.2, 0) is 12.8 Å². The zero-order valence-electron chi connectivity index (χ0n) is 13.9. The summed E-state index contributed by atoms with van der Waals surface area (Å²) in [6.07, 6.45) is 1.41. The molecule has 0 N–H and O–H groups in total. The molecule has 3 aromatic carbocycles. The van der Waals surface area contributed by atoms with Crippen LogP contribution in [0.1, 0.15) is 16.7 Å². The quantitative estimate of drug-likeness (QED) is 0.582. The van der Waals surface area contributed by atoms with Crippen molar-refractivity contribution in [3.05, 3.63) is 94.3 Å². The molecule has 0 aliphatic carbocycles. The largest absolute Gasteiger partial charge is 1.00 e. The third-order valence-corrected chi connectivity index (χ3v) is 4.27. The summed E-state index contributed by atoms with van der Waals surface area (Å²) in [5.74, 6) is -0.356. The Balaban J connectivity index is 0.00000208. The van der Waals surface area contributed by atoms with Crippen LogP contribution in [0.25, 0.3) is 11.1 Å². The van der Waals surface area contributed by atoms with Crippen molar-refractivity contribution in [3.8, 4) is 11.1 Å². The SMILES string of the molecule is Cc1ccc(-c2ccc(CCc3cc[c-]c(Cl)c3F)cc2)cc1.[Rb+]. The minimum absolute atomic E-state index is 0. The monoisotopic (exact) mass is 408 g/mol. The normalized spacial score (nSPS) is 10.3. The van der Waals surface area contributed by atoms with E-state index in [2.05, 4.69) is 61.5 Å². The van der Waals surface area contributed by atoms with Crippen LogP contribution >= 0.6 is 11.6 Å². The van der Waals surface area contributed by atoms with Crippen molar-refractivity contribution in [2.75, 3.05) is 0 Å². The van der Waals surface area contributed by atoms with Crippen molar-refractivity contribution in [2.45, 2.75) is 19.8 Å². The predicted octanol–water partition coefficient (Wildman–Crippen LogP) is 3.04. The molecule has 116 valence electrons. The molecule has 3 heteroatoms. The van der Waals surface area contributed by atoms with E-state index < -0.39 is 0 Å². The first-order valence-electron chi connectivity index (χ1n) is 7.64. The van der Waals surface area contributed by atoms with Gasteiger partial charge >= 0.3 is 58.2 Å².